The average molecular weight is 675 g/mol. The van der Waals surface area contributed by atoms with Gasteiger partial charge < -0.3 is 9.80 Å². The van der Waals surface area contributed by atoms with Crippen LogP contribution in [0.5, 0.6) is 0 Å². The summed E-state index contributed by atoms with van der Waals surface area (Å²) in [6.45, 7) is 7.62. The molecule has 52 heavy (non-hydrogen) atoms. The number of benzene rings is 5. The number of hydrogen-bond donors (Lipinski definition) is 0. The highest BCUT2D eigenvalue weighted by atomic mass is 15.4. The van der Waals surface area contributed by atoms with E-state index in [2.05, 4.69) is 173 Å². The predicted molar refractivity (Wildman–Crippen MR) is 212 cm³/mol. The van der Waals surface area contributed by atoms with Crippen molar-refractivity contribution in [2.45, 2.75) is 31.6 Å². The zero-order valence-electron chi connectivity index (χ0n) is 29.7. The second-order valence-corrected chi connectivity index (χ2v) is 15.1. The molecule has 5 aromatic carbocycles. The molecule has 0 saturated heterocycles. The van der Waals surface area contributed by atoms with Crippen molar-refractivity contribution in [2.75, 3.05) is 23.5 Å². The maximum atomic E-state index is 4.86. The summed E-state index contributed by atoms with van der Waals surface area (Å²) in [6, 6.07) is 47.2. The quantitative estimate of drug-likeness (QED) is 0.186. The molecule has 10 rings (SSSR count). The third-order valence-electron chi connectivity index (χ3n) is 11.1. The summed E-state index contributed by atoms with van der Waals surface area (Å²) in [7, 11) is 2.10. The minimum absolute atomic E-state index is 0.111. The van der Waals surface area contributed by atoms with Gasteiger partial charge in [0.2, 0.25) is 0 Å². The van der Waals surface area contributed by atoms with Gasteiger partial charge >= 0.3 is 0 Å². The van der Waals surface area contributed by atoms with E-state index in [9.17, 15) is 0 Å². The van der Waals surface area contributed by atoms with Crippen molar-refractivity contribution in [3.05, 3.63) is 174 Å². The first-order valence-electron chi connectivity index (χ1n) is 17.9. The molecule has 0 bridgehead atoms. The minimum atomic E-state index is -0.607. The zero-order valence-corrected chi connectivity index (χ0v) is 29.7. The van der Waals surface area contributed by atoms with Crippen molar-refractivity contribution in [1.82, 2.24) is 19.5 Å². The Morgan fingerprint density at radius 3 is 2.12 bits per heavy atom. The maximum Gasteiger partial charge on any atom is 0.157 e. The van der Waals surface area contributed by atoms with Crippen LogP contribution in [0.4, 0.5) is 17.2 Å². The Balaban J connectivity index is 1.33. The molecular weight excluding hydrogens is 637 g/mol. The van der Waals surface area contributed by atoms with Crippen molar-refractivity contribution in [1.29, 1.82) is 0 Å². The summed E-state index contributed by atoms with van der Waals surface area (Å²) in [4.78, 5) is 18.5. The SMILES string of the molecule is CN1CN(c2cc(C(C)(C)C)cc(C3(c4ccc5c6ccccc6n(-c6ccccn6)c5c4)c4ccccc4-c4ccccc43)c2)c2cncnc21. The lowest BCUT2D eigenvalue weighted by Gasteiger charge is -2.36. The largest absolute Gasteiger partial charge is 0.340 e. The maximum absolute atomic E-state index is 4.86. The highest BCUT2D eigenvalue weighted by molar-refractivity contribution is 6.09. The van der Waals surface area contributed by atoms with Crippen LogP contribution < -0.4 is 9.80 Å². The lowest BCUT2D eigenvalue weighted by Crippen LogP contribution is -2.30. The van der Waals surface area contributed by atoms with Gasteiger partial charge in [0.25, 0.3) is 0 Å². The number of fused-ring (bicyclic) bond motifs is 7. The van der Waals surface area contributed by atoms with E-state index < -0.39 is 5.41 Å². The van der Waals surface area contributed by atoms with E-state index in [1.54, 1.807) is 6.33 Å². The van der Waals surface area contributed by atoms with Crippen LogP contribution in [-0.2, 0) is 10.8 Å². The number of hydrogen-bond acceptors (Lipinski definition) is 5. The first kappa shape index (κ1) is 30.5. The first-order chi connectivity index (χ1) is 25.3. The van der Waals surface area contributed by atoms with Gasteiger partial charge in [-0.05, 0) is 80.8 Å². The van der Waals surface area contributed by atoms with Crippen molar-refractivity contribution >= 4 is 39.0 Å². The van der Waals surface area contributed by atoms with Crippen molar-refractivity contribution < 1.29 is 0 Å². The van der Waals surface area contributed by atoms with E-state index in [0.29, 0.717) is 6.67 Å². The number of rotatable bonds is 4. The molecule has 0 unspecified atom stereocenters. The molecule has 1 aliphatic heterocycles. The molecule has 0 radical (unpaired) electrons. The summed E-state index contributed by atoms with van der Waals surface area (Å²) >= 11 is 0. The molecule has 2 aliphatic rings. The van der Waals surface area contributed by atoms with Gasteiger partial charge in [0, 0.05) is 29.7 Å². The summed E-state index contributed by atoms with van der Waals surface area (Å²) < 4.78 is 2.32. The second kappa shape index (κ2) is 11.1. The molecule has 0 N–H and O–H groups in total. The highest BCUT2D eigenvalue weighted by Gasteiger charge is 2.47. The van der Waals surface area contributed by atoms with Gasteiger partial charge in [0.1, 0.15) is 17.8 Å². The molecule has 6 heteroatoms. The van der Waals surface area contributed by atoms with Gasteiger partial charge in [0.05, 0.1) is 29.3 Å². The average Bonchev–Trinajstić information content (AvgIpc) is 3.80. The third kappa shape index (κ3) is 4.27. The predicted octanol–water partition coefficient (Wildman–Crippen LogP) is 10.2. The first-order valence-corrected chi connectivity index (χ1v) is 17.9. The number of pyridine rings is 1. The Morgan fingerprint density at radius 2 is 1.37 bits per heavy atom. The van der Waals surface area contributed by atoms with E-state index in [1.807, 2.05) is 18.5 Å². The molecule has 4 heterocycles. The standard InChI is InChI=1S/C46H38N6/c1-45(2,3)31-23-32(25-33(24-31)51-29-50(4)44-42(51)27-47-28-49-44)46(38-16-8-5-13-34(38)35-14-6-9-17-39(35)46)30-20-21-37-36-15-7-10-18-40(36)52(41(37)26-30)43-19-11-12-22-48-43/h5-28H,29H2,1-4H3. The Hall–Kier alpha value is -6.27. The van der Waals surface area contributed by atoms with E-state index in [0.717, 1.165) is 34.0 Å². The summed E-state index contributed by atoms with van der Waals surface area (Å²) in [6.07, 6.45) is 5.45. The normalized spacial score (nSPS) is 14.5. The summed E-state index contributed by atoms with van der Waals surface area (Å²) in [5.41, 5.74) is 12.6. The molecule has 252 valence electrons. The van der Waals surface area contributed by atoms with E-state index >= 15 is 0 Å². The fourth-order valence-electron chi connectivity index (χ4n) is 8.75. The molecule has 0 fully saturated rings. The fraction of sp³-hybridized carbons (Fsp3) is 0.152. The van der Waals surface area contributed by atoms with Crippen molar-refractivity contribution in [2.24, 2.45) is 0 Å². The molecule has 0 spiro atoms. The Bertz CT molecular complexity index is 2640. The lowest BCUT2D eigenvalue weighted by molar-refractivity contribution is 0.587. The van der Waals surface area contributed by atoms with Crippen LogP contribution in [0.2, 0.25) is 0 Å². The van der Waals surface area contributed by atoms with Crippen molar-refractivity contribution in [3.8, 4) is 16.9 Å². The molecule has 1 aliphatic carbocycles. The molecule has 0 amide bonds. The summed E-state index contributed by atoms with van der Waals surface area (Å²) in [5.74, 6) is 1.85. The number of anilines is 3. The topological polar surface area (TPSA) is 50.1 Å². The fourth-order valence-corrected chi connectivity index (χ4v) is 8.75. The Labute approximate surface area is 303 Å². The van der Waals surface area contributed by atoms with Crippen LogP contribution in [0, 0.1) is 0 Å². The van der Waals surface area contributed by atoms with Gasteiger partial charge in [-0.25, -0.2) is 15.0 Å². The summed E-state index contributed by atoms with van der Waals surface area (Å²) in [5, 5.41) is 2.42. The van der Waals surface area contributed by atoms with Crippen LogP contribution in [0.1, 0.15) is 48.6 Å². The Morgan fingerprint density at radius 1 is 0.654 bits per heavy atom. The molecule has 0 atom stereocenters. The number of para-hydroxylation sites is 1. The molecule has 8 aromatic rings. The number of aromatic nitrogens is 4. The molecule has 3 aromatic heterocycles. The third-order valence-corrected chi connectivity index (χ3v) is 11.1. The Kier molecular flexibility index (Phi) is 6.53. The molecular formula is C46H38N6. The van der Waals surface area contributed by atoms with E-state index in [1.165, 1.54) is 49.7 Å². The second-order valence-electron chi connectivity index (χ2n) is 15.1. The number of nitrogens with zero attached hydrogens (tertiary/aromatic N) is 6. The highest BCUT2D eigenvalue weighted by Crippen LogP contribution is 2.57. The minimum Gasteiger partial charge on any atom is -0.340 e. The van der Waals surface area contributed by atoms with Crippen LogP contribution in [0.15, 0.2) is 146 Å². The smallest absolute Gasteiger partial charge is 0.157 e. The molecule has 0 saturated carbocycles. The van der Waals surface area contributed by atoms with Gasteiger partial charge in [0.15, 0.2) is 5.82 Å². The molecule has 6 nitrogen and oxygen atoms in total. The van der Waals surface area contributed by atoms with Crippen LogP contribution in [0.25, 0.3) is 38.8 Å². The lowest BCUT2D eigenvalue weighted by atomic mass is 9.66. The monoisotopic (exact) mass is 674 g/mol. The van der Waals surface area contributed by atoms with Gasteiger partial charge in [-0.2, -0.15) is 0 Å². The van der Waals surface area contributed by atoms with E-state index in [4.69, 9.17) is 4.98 Å². The van der Waals surface area contributed by atoms with Crippen LogP contribution >= 0.6 is 0 Å². The van der Waals surface area contributed by atoms with Gasteiger partial charge in [-0.15, -0.1) is 0 Å². The van der Waals surface area contributed by atoms with Gasteiger partial charge in [-0.3, -0.25) is 4.57 Å². The zero-order chi connectivity index (χ0) is 35.2. The van der Waals surface area contributed by atoms with Crippen LogP contribution in [0.3, 0.4) is 0 Å². The van der Waals surface area contributed by atoms with Gasteiger partial charge in [-0.1, -0.05) is 112 Å². The van der Waals surface area contributed by atoms with Crippen molar-refractivity contribution in [3.63, 3.8) is 0 Å². The van der Waals surface area contributed by atoms with E-state index in [-0.39, 0.29) is 5.41 Å². The van der Waals surface area contributed by atoms with Crippen LogP contribution in [-0.4, -0.2) is 33.2 Å².